The fraction of sp³-hybridized carbons (Fsp3) is 0.938. The molecule has 0 bridgehead atoms. The number of ether oxygens (including phenoxy) is 4. The lowest BCUT2D eigenvalue weighted by Crippen LogP contribution is -2.64. The molecule has 0 saturated carbocycles. The SMILES string of the molecule is [2H]C(=O)C(O)CCO[C@@H]1O[C@H](CO)C(O[C@H]2O[C@H](CO)[C@@H](O)[C@H](O)[C@H]2O)[C@H](O)[C@H]1O. The van der Waals surface area contributed by atoms with Crippen LogP contribution in [0.2, 0.25) is 0 Å². The molecule has 2 rings (SSSR count). The minimum absolute atomic E-state index is 0.264. The van der Waals surface area contributed by atoms with E-state index in [1.807, 2.05) is 0 Å². The van der Waals surface area contributed by atoms with E-state index in [2.05, 4.69) is 0 Å². The number of hydrogen-bond acceptors (Lipinski definition) is 13. The highest BCUT2D eigenvalue weighted by Crippen LogP contribution is 2.29. The topological polar surface area (TPSA) is 216 Å². The zero-order valence-corrected chi connectivity index (χ0v) is 15.3. The Kier molecular flexibility index (Phi) is 8.67. The third-order valence-electron chi connectivity index (χ3n) is 4.77. The normalized spacial score (nSPS) is 44.9. The minimum atomic E-state index is -1.77. The Bertz CT molecular complexity index is 549. The Hall–Kier alpha value is -0.810. The van der Waals surface area contributed by atoms with E-state index in [4.69, 9.17) is 20.3 Å². The molecule has 2 unspecified atom stereocenters. The van der Waals surface area contributed by atoms with Crippen molar-refractivity contribution >= 4 is 6.26 Å². The summed E-state index contributed by atoms with van der Waals surface area (Å²) >= 11 is 0. The molecule has 0 spiro atoms. The van der Waals surface area contributed by atoms with Crippen molar-refractivity contribution in [2.45, 2.75) is 73.9 Å². The number of carbonyl (C=O) groups is 1. The van der Waals surface area contributed by atoms with Crippen molar-refractivity contribution in [1.82, 2.24) is 0 Å². The van der Waals surface area contributed by atoms with Gasteiger partial charge in [0, 0.05) is 6.42 Å². The Morgan fingerprint density at radius 3 is 2.07 bits per heavy atom. The molecule has 0 aromatic rings. The molecule has 0 amide bonds. The maximum absolute atomic E-state index is 10.7. The van der Waals surface area contributed by atoms with Gasteiger partial charge in [0.2, 0.25) is 0 Å². The predicted molar refractivity (Wildman–Crippen MR) is 89.0 cm³/mol. The molecule has 29 heavy (non-hydrogen) atoms. The van der Waals surface area contributed by atoms with Crippen LogP contribution in [0, 0.1) is 0 Å². The van der Waals surface area contributed by atoms with Crippen molar-refractivity contribution in [2.75, 3.05) is 19.8 Å². The molecular formula is C16H28O13. The van der Waals surface area contributed by atoms with Crippen molar-refractivity contribution in [3.63, 3.8) is 0 Å². The van der Waals surface area contributed by atoms with Crippen LogP contribution in [0.15, 0.2) is 0 Å². The Morgan fingerprint density at radius 2 is 1.48 bits per heavy atom. The summed E-state index contributed by atoms with van der Waals surface area (Å²) in [7, 11) is 0. The highest BCUT2D eigenvalue weighted by Gasteiger charge is 2.50. The van der Waals surface area contributed by atoms with Crippen LogP contribution in [0.4, 0.5) is 0 Å². The Morgan fingerprint density at radius 1 is 0.897 bits per heavy atom. The molecule has 2 saturated heterocycles. The molecule has 11 atom stereocenters. The second kappa shape index (κ2) is 11.0. The summed E-state index contributed by atoms with van der Waals surface area (Å²) in [5.41, 5.74) is 0. The quantitative estimate of drug-likeness (QED) is 0.161. The van der Waals surface area contributed by atoms with Gasteiger partial charge in [-0.2, -0.15) is 0 Å². The summed E-state index contributed by atoms with van der Waals surface area (Å²) in [6.45, 7) is -1.74. The maximum atomic E-state index is 10.7. The van der Waals surface area contributed by atoms with E-state index in [-0.39, 0.29) is 13.0 Å². The van der Waals surface area contributed by atoms with E-state index in [1.165, 1.54) is 0 Å². The zero-order valence-electron chi connectivity index (χ0n) is 16.3. The van der Waals surface area contributed by atoms with Crippen LogP contribution >= 0.6 is 0 Å². The molecule has 2 aliphatic rings. The van der Waals surface area contributed by atoms with Gasteiger partial charge in [-0.25, -0.2) is 0 Å². The maximum Gasteiger partial charge on any atom is 0.187 e. The van der Waals surface area contributed by atoms with E-state index in [0.29, 0.717) is 0 Å². The zero-order chi connectivity index (χ0) is 22.6. The van der Waals surface area contributed by atoms with Crippen LogP contribution in [0.5, 0.6) is 0 Å². The molecule has 0 aromatic heterocycles. The molecule has 0 aliphatic carbocycles. The lowest BCUT2D eigenvalue weighted by atomic mass is 9.97. The van der Waals surface area contributed by atoms with Gasteiger partial charge >= 0.3 is 0 Å². The van der Waals surface area contributed by atoms with Crippen molar-refractivity contribution in [2.24, 2.45) is 0 Å². The molecule has 2 aliphatic heterocycles. The highest BCUT2D eigenvalue weighted by atomic mass is 16.7. The van der Waals surface area contributed by atoms with Crippen molar-refractivity contribution in [1.29, 1.82) is 0 Å². The van der Waals surface area contributed by atoms with Gasteiger partial charge in [0.15, 0.2) is 12.6 Å². The number of aliphatic hydroxyl groups excluding tert-OH is 8. The van der Waals surface area contributed by atoms with Crippen LogP contribution in [-0.4, -0.2) is 134 Å². The van der Waals surface area contributed by atoms with Crippen molar-refractivity contribution in [3.05, 3.63) is 0 Å². The number of rotatable bonds is 9. The smallest absolute Gasteiger partial charge is 0.187 e. The molecule has 2 fully saturated rings. The number of aldehydes is 1. The first kappa shape index (κ1) is 22.9. The molecule has 170 valence electrons. The number of carbonyl (C=O) groups excluding carboxylic acids is 1. The first-order valence-corrected chi connectivity index (χ1v) is 9.00. The minimum Gasteiger partial charge on any atom is -0.394 e. The van der Waals surface area contributed by atoms with Crippen LogP contribution < -0.4 is 0 Å². The Labute approximate surface area is 167 Å². The van der Waals surface area contributed by atoms with Crippen molar-refractivity contribution < 1.29 is 66.0 Å². The molecular weight excluding hydrogens is 400 g/mol. The average molecular weight is 429 g/mol. The highest BCUT2D eigenvalue weighted by molar-refractivity contribution is 5.55. The summed E-state index contributed by atoms with van der Waals surface area (Å²) in [5, 5.41) is 78.3. The van der Waals surface area contributed by atoms with Gasteiger partial charge in [-0.1, -0.05) is 0 Å². The first-order chi connectivity index (χ1) is 14.1. The van der Waals surface area contributed by atoms with Gasteiger partial charge in [0.05, 0.1) is 19.8 Å². The van der Waals surface area contributed by atoms with Crippen molar-refractivity contribution in [3.8, 4) is 0 Å². The lowest BCUT2D eigenvalue weighted by molar-refractivity contribution is -0.359. The fourth-order valence-corrected chi connectivity index (χ4v) is 3.05. The van der Waals surface area contributed by atoms with E-state index < -0.39 is 87.0 Å². The average Bonchev–Trinajstić information content (AvgIpc) is 2.72. The lowest BCUT2D eigenvalue weighted by Gasteiger charge is -2.45. The standard InChI is InChI=1S/C16H28O13/c17-3-6(20)1-2-26-15-13(25)11(23)14(8(5-19)28-15)29-16-12(24)10(22)9(21)7(4-18)27-16/h3,6-16,18-25H,1-2,4-5H2/t6?,7-,8-,9-,10+,11-,12-,13-,14?,15-,16-/m1/s1/i3D. The number of hydrogen-bond donors (Lipinski definition) is 8. The fourth-order valence-electron chi connectivity index (χ4n) is 3.05. The van der Waals surface area contributed by atoms with Gasteiger partial charge in [-0.3, -0.25) is 0 Å². The summed E-state index contributed by atoms with van der Waals surface area (Å²) in [6.07, 6.45) is -18.8. The van der Waals surface area contributed by atoms with E-state index >= 15 is 0 Å². The largest absolute Gasteiger partial charge is 0.394 e. The van der Waals surface area contributed by atoms with Crippen LogP contribution in [0.1, 0.15) is 7.79 Å². The van der Waals surface area contributed by atoms with Crippen LogP contribution in [-0.2, 0) is 23.7 Å². The summed E-state index contributed by atoms with van der Waals surface area (Å²) < 4.78 is 27.8. The molecule has 13 nitrogen and oxygen atoms in total. The molecule has 0 aromatic carbocycles. The van der Waals surface area contributed by atoms with Gasteiger partial charge in [-0.05, 0) is 0 Å². The number of aliphatic hydroxyl groups is 8. The third kappa shape index (κ3) is 5.66. The molecule has 2 heterocycles. The van der Waals surface area contributed by atoms with Crippen LogP contribution in [0.25, 0.3) is 0 Å². The van der Waals surface area contributed by atoms with Crippen LogP contribution in [0.3, 0.4) is 0 Å². The summed E-state index contributed by atoms with van der Waals surface area (Å²) in [4.78, 5) is 10.7. The third-order valence-corrected chi connectivity index (χ3v) is 4.77. The second-order valence-corrected chi connectivity index (χ2v) is 6.80. The molecule has 0 radical (unpaired) electrons. The first-order valence-electron chi connectivity index (χ1n) is 9.50. The Balaban J connectivity index is 2.01. The predicted octanol–water partition coefficient (Wildman–Crippen LogP) is -5.42. The van der Waals surface area contributed by atoms with E-state index in [9.17, 15) is 45.6 Å². The molecule has 8 N–H and O–H groups in total. The van der Waals surface area contributed by atoms with Gasteiger partial charge in [0.25, 0.3) is 0 Å². The van der Waals surface area contributed by atoms with E-state index in [1.54, 1.807) is 0 Å². The van der Waals surface area contributed by atoms with Gasteiger partial charge in [0.1, 0.15) is 62.6 Å². The second-order valence-electron chi connectivity index (χ2n) is 6.80. The monoisotopic (exact) mass is 429 g/mol. The van der Waals surface area contributed by atoms with E-state index in [0.717, 1.165) is 0 Å². The molecule has 13 heteroatoms. The van der Waals surface area contributed by atoms with Gasteiger partial charge in [-0.15, -0.1) is 0 Å². The summed E-state index contributed by atoms with van der Waals surface area (Å²) in [6, 6.07) is 0. The summed E-state index contributed by atoms with van der Waals surface area (Å²) in [5.74, 6) is 0. The van der Waals surface area contributed by atoms with Gasteiger partial charge < -0.3 is 64.6 Å².